The van der Waals surface area contributed by atoms with Crippen molar-refractivity contribution < 1.29 is 19.1 Å². The molecule has 4 heteroatoms. The zero-order valence-corrected chi connectivity index (χ0v) is 12.9. The average Bonchev–Trinajstić information content (AvgIpc) is 2.52. The first kappa shape index (κ1) is 16.0. The Morgan fingerprint density at radius 1 is 0.955 bits per heavy atom. The Balaban J connectivity index is 2.32. The zero-order chi connectivity index (χ0) is 15.9. The van der Waals surface area contributed by atoms with E-state index in [2.05, 4.69) is 0 Å². The maximum atomic E-state index is 12.2. The van der Waals surface area contributed by atoms with Crippen molar-refractivity contribution in [2.45, 2.75) is 26.2 Å². The van der Waals surface area contributed by atoms with Crippen LogP contribution in [0, 0.1) is 0 Å². The summed E-state index contributed by atoms with van der Waals surface area (Å²) < 4.78 is 10.1. The molecule has 0 saturated heterocycles. The van der Waals surface area contributed by atoms with Crippen LogP contribution in [0.4, 0.5) is 0 Å². The second kappa shape index (κ2) is 7.59. The minimum absolute atomic E-state index is 0.00892. The van der Waals surface area contributed by atoms with Crippen molar-refractivity contribution in [2.24, 2.45) is 0 Å². The van der Waals surface area contributed by atoms with Gasteiger partial charge in [0.1, 0.15) is 0 Å². The number of hydrogen-bond donors (Lipinski definition) is 0. The van der Waals surface area contributed by atoms with Gasteiger partial charge in [0.2, 0.25) is 0 Å². The summed E-state index contributed by atoms with van der Waals surface area (Å²) in [6.07, 6.45) is -0.00892. The molecule has 22 heavy (non-hydrogen) atoms. The molecule has 116 valence electrons. The Morgan fingerprint density at radius 3 is 2.32 bits per heavy atom. The summed E-state index contributed by atoms with van der Waals surface area (Å²) in [5, 5.41) is 2.11. The van der Waals surface area contributed by atoms with E-state index in [1.54, 1.807) is 13.8 Å². The molecule has 4 nitrogen and oxygen atoms in total. The molecule has 2 aromatic rings. The predicted molar refractivity (Wildman–Crippen MR) is 84.6 cm³/mol. The van der Waals surface area contributed by atoms with Gasteiger partial charge in [-0.05, 0) is 30.2 Å². The van der Waals surface area contributed by atoms with E-state index >= 15 is 0 Å². The van der Waals surface area contributed by atoms with Crippen LogP contribution in [0.1, 0.15) is 31.7 Å². The molecule has 0 aliphatic rings. The Labute approximate surface area is 130 Å². The molecule has 0 bridgehead atoms. The van der Waals surface area contributed by atoms with E-state index in [1.165, 1.54) is 0 Å². The molecule has 0 radical (unpaired) electrons. The van der Waals surface area contributed by atoms with Crippen LogP contribution >= 0.6 is 0 Å². The highest BCUT2D eigenvalue weighted by Crippen LogP contribution is 2.26. The van der Waals surface area contributed by atoms with Gasteiger partial charge in [0.15, 0.2) is 0 Å². The largest absolute Gasteiger partial charge is 0.466 e. The van der Waals surface area contributed by atoms with Crippen molar-refractivity contribution in [1.82, 2.24) is 0 Å². The fourth-order valence-electron chi connectivity index (χ4n) is 2.39. The fraction of sp³-hybridized carbons (Fsp3) is 0.333. The molecule has 1 unspecified atom stereocenters. The van der Waals surface area contributed by atoms with E-state index in [-0.39, 0.29) is 13.0 Å². The van der Waals surface area contributed by atoms with Crippen LogP contribution in [0.3, 0.4) is 0 Å². The average molecular weight is 300 g/mol. The highest BCUT2D eigenvalue weighted by Gasteiger charge is 2.26. The van der Waals surface area contributed by atoms with Crippen LogP contribution in [-0.4, -0.2) is 25.2 Å². The summed E-state index contributed by atoms with van der Waals surface area (Å²) in [7, 11) is 0. The Bertz CT molecular complexity index is 663. The summed E-state index contributed by atoms with van der Waals surface area (Å²) in [5.74, 6) is -1.43. The second-order valence-electron chi connectivity index (χ2n) is 4.92. The van der Waals surface area contributed by atoms with Gasteiger partial charge in [-0.3, -0.25) is 9.59 Å². The number of esters is 2. The van der Waals surface area contributed by atoms with Crippen LogP contribution in [0.25, 0.3) is 10.8 Å². The Kier molecular flexibility index (Phi) is 5.53. The summed E-state index contributed by atoms with van der Waals surface area (Å²) in [6, 6.07) is 13.6. The summed E-state index contributed by atoms with van der Waals surface area (Å²) >= 11 is 0. The van der Waals surface area contributed by atoms with E-state index in [0.717, 1.165) is 16.3 Å². The SMILES string of the molecule is CCOC(=O)CC(C(=O)OCC)c1ccc2ccccc2c1. The molecule has 0 aromatic heterocycles. The first-order valence-corrected chi connectivity index (χ1v) is 7.46. The van der Waals surface area contributed by atoms with Crippen LogP contribution < -0.4 is 0 Å². The minimum atomic E-state index is -0.636. The summed E-state index contributed by atoms with van der Waals surface area (Å²) in [6.45, 7) is 4.07. The summed E-state index contributed by atoms with van der Waals surface area (Å²) in [4.78, 5) is 24.0. The van der Waals surface area contributed by atoms with Crippen molar-refractivity contribution in [1.29, 1.82) is 0 Å². The molecular formula is C18H20O4. The number of hydrogen-bond acceptors (Lipinski definition) is 4. The van der Waals surface area contributed by atoms with Gasteiger partial charge in [0.25, 0.3) is 0 Å². The van der Waals surface area contributed by atoms with Gasteiger partial charge < -0.3 is 9.47 Å². The number of fused-ring (bicyclic) bond motifs is 1. The van der Waals surface area contributed by atoms with Gasteiger partial charge in [-0.1, -0.05) is 42.5 Å². The third kappa shape index (κ3) is 3.85. The number of benzene rings is 2. The van der Waals surface area contributed by atoms with Crippen LogP contribution in [0.5, 0.6) is 0 Å². The van der Waals surface area contributed by atoms with E-state index in [9.17, 15) is 9.59 Å². The molecule has 0 heterocycles. The normalized spacial score (nSPS) is 11.9. The van der Waals surface area contributed by atoms with Crippen molar-refractivity contribution >= 4 is 22.7 Å². The highest BCUT2D eigenvalue weighted by molar-refractivity contribution is 5.88. The van der Waals surface area contributed by atoms with E-state index in [1.807, 2.05) is 42.5 Å². The van der Waals surface area contributed by atoms with Gasteiger partial charge in [0, 0.05) is 0 Å². The van der Waals surface area contributed by atoms with Crippen molar-refractivity contribution in [2.75, 3.05) is 13.2 Å². The van der Waals surface area contributed by atoms with Gasteiger partial charge in [-0.2, -0.15) is 0 Å². The topological polar surface area (TPSA) is 52.6 Å². The first-order valence-electron chi connectivity index (χ1n) is 7.46. The molecule has 2 aromatic carbocycles. The molecule has 0 aliphatic carbocycles. The number of carbonyl (C=O) groups excluding carboxylic acids is 2. The smallest absolute Gasteiger partial charge is 0.313 e. The maximum absolute atomic E-state index is 12.2. The van der Waals surface area contributed by atoms with Gasteiger partial charge in [-0.15, -0.1) is 0 Å². The van der Waals surface area contributed by atoms with Gasteiger partial charge >= 0.3 is 11.9 Å². The van der Waals surface area contributed by atoms with Crippen LogP contribution in [0.15, 0.2) is 42.5 Å². The van der Waals surface area contributed by atoms with Gasteiger partial charge in [0.05, 0.1) is 25.6 Å². The Morgan fingerprint density at radius 2 is 1.64 bits per heavy atom. The van der Waals surface area contributed by atoms with Gasteiger partial charge in [-0.25, -0.2) is 0 Å². The molecular weight excluding hydrogens is 280 g/mol. The lowest BCUT2D eigenvalue weighted by Crippen LogP contribution is -2.20. The molecule has 0 fully saturated rings. The lowest BCUT2D eigenvalue weighted by Gasteiger charge is -2.16. The number of rotatable bonds is 6. The molecule has 0 saturated carbocycles. The van der Waals surface area contributed by atoms with Crippen molar-refractivity contribution in [3.05, 3.63) is 48.0 Å². The second-order valence-corrected chi connectivity index (χ2v) is 4.92. The lowest BCUT2D eigenvalue weighted by molar-refractivity contribution is -0.151. The maximum Gasteiger partial charge on any atom is 0.313 e. The van der Waals surface area contributed by atoms with E-state index in [0.29, 0.717) is 6.61 Å². The lowest BCUT2D eigenvalue weighted by atomic mass is 9.93. The number of ether oxygens (including phenoxy) is 2. The third-order valence-corrected chi connectivity index (χ3v) is 3.42. The molecule has 0 N–H and O–H groups in total. The third-order valence-electron chi connectivity index (χ3n) is 3.42. The monoisotopic (exact) mass is 300 g/mol. The van der Waals surface area contributed by atoms with Crippen LogP contribution in [-0.2, 0) is 19.1 Å². The van der Waals surface area contributed by atoms with Crippen molar-refractivity contribution in [3.8, 4) is 0 Å². The minimum Gasteiger partial charge on any atom is -0.466 e. The molecule has 2 rings (SSSR count). The zero-order valence-electron chi connectivity index (χ0n) is 12.9. The molecule has 0 spiro atoms. The standard InChI is InChI=1S/C18H20O4/c1-3-21-17(19)12-16(18(20)22-4-2)15-10-9-13-7-5-6-8-14(13)11-15/h5-11,16H,3-4,12H2,1-2H3. The fourth-order valence-corrected chi connectivity index (χ4v) is 2.39. The molecule has 0 aliphatic heterocycles. The Hall–Kier alpha value is -2.36. The van der Waals surface area contributed by atoms with Crippen LogP contribution in [0.2, 0.25) is 0 Å². The quantitative estimate of drug-likeness (QED) is 0.767. The molecule has 0 amide bonds. The van der Waals surface area contributed by atoms with Crippen molar-refractivity contribution in [3.63, 3.8) is 0 Å². The summed E-state index contributed by atoms with van der Waals surface area (Å²) in [5.41, 5.74) is 0.769. The van der Waals surface area contributed by atoms with E-state index in [4.69, 9.17) is 9.47 Å². The first-order chi connectivity index (χ1) is 10.7. The van der Waals surface area contributed by atoms with E-state index < -0.39 is 17.9 Å². The predicted octanol–water partition coefficient (Wildman–Crippen LogP) is 3.44. The highest BCUT2D eigenvalue weighted by atomic mass is 16.5. The number of carbonyl (C=O) groups is 2. The molecule has 1 atom stereocenters.